The van der Waals surface area contributed by atoms with Gasteiger partial charge < -0.3 is 6.42 Å². The maximum Gasteiger partial charge on any atom is 0 e. The van der Waals surface area contributed by atoms with Crippen LogP contribution in [0.3, 0.4) is 0 Å². The van der Waals surface area contributed by atoms with Crippen LogP contribution in [0, 0.1) is 24.2 Å². The molecule has 1 radical (unpaired) electrons. The van der Waals surface area contributed by atoms with Gasteiger partial charge in [0.05, 0.1) is 0 Å². The van der Waals surface area contributed by atoms with Gasteiger partial charge in [0.15, 0.2) is 0 Å². The van der Waals surface area contributed by atoms with Crippen LogP contribution in [0.2, 0.25) is 0 Å². The zero-order valence-electron chi connectivity index (χ0n) is 7.89. The fraction of sp³-hybridized carbons (Fsp3) is 0.889. The molecule has 59 valence electrons. The first-order valence-corrected chi connectivity index (χ1v) is 3.89. The van der Waals surface area contributed by atoms with E-state index in [1.807, 2.05) is 0 Å². The number of hydrogen-bond acceptors (Lipinski definition) is 0. The van der Waals surface area contributed by atoms with Crippen molar-refractivity contribution in [1.29, 1.82) is 0 Å². The van der Waals surface area contributed by atoms with E-state index in [-0.39, 0.29) is 32.7 Å². The van der Waals surface area contributed by atoms with E-state index in [0.717, 1.165) is 17.8 Å². The third kappa shape index (κ3) is 4.85. The Morgan fingerprint density at radius 3 is 1.20 bits per heavy atom. The van der Waals surface area contributed by atoms with Gasteiger partial charge in [0.1, 0.15) is 0 Å². The summed E-state index contributed by atoms with van der Waals surface area (Å²) < 4.78 is 0. The fourth-order valence-corrected chi connectivity index (χ4v) is 1.54. The van der Waals surface area contributed by atoms with Crippen LogP contribution in [-0.4, -0.2) is 0 Å². The van der Waals surface area contributed by atoms with Crippen LogP contribution in [0.5, 0.6) is 0 Å². The minimum absolute atomic E-state index is 0. The molecular formula is C9H19Y-. The molecule has 0 spiro atoms. The van der Waals surface area contributed by atoms with Crippen LogP contribution in [0.1, 0.15) is 34.6 Å². The third-order valence-electron chi connectivity index (χ3n) is 1.92. The van der Waals surface area contributed by atoms with Crippen molar-refractivity contribution in [2.75, 3.05) is 0 Å². The standard InChI is InChI=1S/C9H19.Y/c1-6-9(7(2)3)8(4)5;/h6-9H,1-5H3;/q-1;. The summed E-state index contributed by atoms with van der Waals surface area (Å²) in [6.45, 7) is 11.3. The molecule has 10 heavy (non-hydrogen) atoms. The molecule has 0 aliphatic rings. The average Bonchev–Trinajstić information content (AvgIpc) is 1.64. The molecule has 0 atom stereocenters. The third-order valence-corrected chi connectivity index (χ3v) is 1.92. The molecule has 0 nitrogen and oxygen atoms in total. The van der Waals surface area contributed by atoms with Crippen molar-refractivity contribution in [2.24, 2.45) is 17.8 Å². The predicted molar refractivity (Wildman–Crippen MR) is 43.1 cm³/mol. The van der Waals surface area contributed by atoms with Gasteiger partial charge in [-0.15, -0.1) is 0 Å². The number of rotatable bonds is 3. The van der Waals surface area contributed by atoms with Crippen molar-refractivity contribution < 1.29 is 32.7 Å². The largest absolute Gasteiger partial charge is 0.328 e. The minimum atomic E-state index is 0. The Kier molecular flexibility index (Phi) is 9.29. The molecule has 1 heteroatoms. The SMILES string of the molecule is C[CH-]C(C(C)C)C(C)C.[Y]. The Labute approximate surface area is 91.0 Å². The molecule has 0 unspecified atom stereocenters. The molecule has 0 fully saturated rings. The summed E-state index contributed by atoms with van der Waals surface area (Å²) >= 11 is 0. The van der Waals surface area contributed by atoms with Gasteiger partial charge in [-0.2, -0.15) is 12.8 Å². The first kappa shape index (κ1) is 13.7. The first-order chi connectivity index (χ1) is 4.09. The molecule has 0 aromatic heterocycles. The maximum atomic E-state index is 2.31. The molecule has 0 heterocycles. The maximum absolute atomic E-state index is 2.31. The average molecular weight is 216 g/mol. The Bertz CT molecular complexity index is 59.1. The second-order valence-electron chi connectivity index (χ2n) is 3.40. The molecule has 0 amide bonds. The van der Waals surface area contributed by atoms with Crippen LogP contribution in [-0.2, 0) is 32.7 Å². The van der Waals surface area contributed by atoms with Crippen LogP contribution in [0.25, 0.3) is 0 Å². The van der Waals surface area contributed by atoms with Gasteiger partial charge in [-0.05, 0) is 0 Å². The van der Waals surface area contributed by atoms with E-state index >= 15 is 0 Å². The summed E-state index contributed by atoms with van der Waals surface area (Å²) in [6, 6.07) is 0. The minimum Gasteiger partial charge on any atom is -0.328 e. The molecule has 0 aliphatic heterocycles. The first-order valence-electron chi connectivity index (χ1n) is 3.89. The van der Waals surface area contributed by atoms with Gasteiger partial charge >= 0.3 is 0 Å². The van der Waals surface area contributed by atoms with Crippen molar-refractivity contribution in [2.45, 2.75) is 34.6 Å². The van der Waals surface area contributed by atoms with E-state index in [1.54, 1.807) is 0 Å². The Morgan fingerprint density at radius 2 is 1.20 bits per heavy atom. The monoisotopic (exact) mass is 216 g/mol. The predicted octanol–water partition coefficient (Wildman–Crippen LogP) is 3.14. The van der Waals surface area contributed by atoms with E-state index in [1.165, 1.54) is 0 Å². The van der Waals surface area contributed by atoms with Gasteiger partial charge in [-0.25, -0.2) is 0 Å². The summed E-state index contributed by atoms with van der Waals surface area (Å²) in [7, 11) is 0. The summed E-state index contributed by atoms with van der Waals surface area (Å²) in [6.07, 6.45) is 2.31. The molecular weight excluding hydrogens is 197 g/mol. The second kappa shape index (κ2) is 6.79. The van der Waals surface area contributed by atoms with Gasteiger partial charge in [-0.1, -0.05) is 39.5 Å². The molecule has 0 N–H and O–H groups in total. The number of hydrogen-bond donors (Lipinski definition) is 0. The summed E-state index contributed by atoms with van der Waals surface area (Å²) in [5.74, 6) is 2.40. The Balaban J connectivity index is 0. The Morgan fingerprint density at radius 1 is 0.900 bits per heavy atom. The Hall–Kier alpha value is 1.10. The molecule has 0 aliphatic carbocycles. The molecule has 0 aromatic rings. The van der Waals surface area contributed by atoms with Crippen molar-refractivity contribution >= 4 is 0 Å². The quantitative estimate of drug-likeness (QED) is 0.636. The van der Waals surface area contributed by atoms with Gasteiger partial charge in [-0.3, -0.25) is 0 Å². The molecule has 0 rings (SSSR count). The summed E-state index contributed by atoms with van der Waals surface area (Å²) in [4.78, 5) is 0. The van der Waals surface area contributed by atoms with Crippen LogP contribution < -0.4 is 0 Å². The zero-order valence-corrected chi connectivity index (χ0v) is 10.7. The van der Waals surface area contributed by atoms with Crippen LogP contribution in [0.15, 0.2) is 0 Å². The molecule has 0 saturated carbocycles. The topological polar surface area (TPSA) is 0 Å². The fourth-order valence-electron chi connectivity index (χ4n) is 1.54. The summed E-state index contributed by atoms with van der Waals surface area (Å²) in [5.41, 5.74) is 0. The van der Waals surface area contributed by atoms with Gasteiger partial charge in [0, 0.05) is 32.7 Å². The van der Waals surface area contributed by atoms with E-state index < -0.39 is 0 Å². The van der Waals surface area contributed by atoms with Gasteiger partial charge in [0.25, 0.3) is 0 Å². The summed E-state index contributed by atoms with van der Waals surface area (Å²) in [5, 5.41) is 0. The van der Waals surface area contributed by atoms with Crippen molar-refractivity contribution in [3.63, 3.8) is 0 Å². The normalized spacial score (nSPS) is 10.8. The van der Waals surface area contributed by atoms with E-state index in [9.17, 15) is 0 Å². The van der Waals surface area contributed by atoms with E-state index in [0.29, 0.717) is 0 Å². The van der Waals surface area contributed by atoms with Crippen LogP contribution in [0.4, 0.5) is 0 Å². The molecule has 0 bridgehead atoms. The zero-order chi connectivity index (χ0) is 7.44. The smallest absolute Gasteiger partial charge is 0 e. The van der Waals surface area contributed by atoms with Gasteiger partial charge in [0.2, 0.25) is 0 Å². The van der Waals surface area contributed by atoms with E-state index in [4.69, 9.17) is 0 Å². The second-order valence-corrected chi connectivity index (χ2v) is 3.40. The van der Waals surface area contributed by atoms with Crippen molar-refractivity contribution in [3.8, 4) is 0 Å². The van der Waals surface area contributed by atoms with Crippen molar-refractivity contribution in [3.05, 3.63) is 6.42 Å². The van der Waals surface area contributed by atoms with Crippen molar-refractivity contribution in [1.82, 2.24) is 0 Å². The van der Waals surface area contributed by atoms with Crippen LogP contribution >= 0.6 is 0 Å². The molecule has 0 aromatic carbocycles. The van der Waals surface area contributed by atoms with E-state index in [2.05, 4.69) is 41.0 Å². The molecule has 0 saturated heterocycles.